The van der Waals surface area contributed by atoms with E-state index in [2.05, 4.69) is 19.1 Å². The molecule has 2 aliphatic rings. The number of ether oxygens (including phenoxy) is 2. The summed E-state index contributed by atoms with van der Waals surface area (Å²) in [5.41, 5.74) is -0.334. The summed E-state index contributed by atoms with van der Waals surface area (Å²) in [5, 5.41) is 0. The van der Waals surface area contributed by atoms with E-state index in [1.165, 1.54) is 37.8 Å². The van der Waals surface area contributed by atoms with Gasteiger partial charge in [0, 0.05) is 6.42 Å². The van der Waals surface area contributed by atoms with E-state index in [4.69, 9.17) is 9.47 Å². The van der Waals surface area contributed by atoms with Crippen LogP contribution in [0.4, 0.5) is 26.3 Å². The SMILES string of the molecule is CCCCOc1ccc(CC(F)(F)COc2ccc(C3CCC(/C=C/C4CCC(C)CC4)CC3)c(F)c2F)c(F)c1F. The standard InChI is InChI=1S/C34H42F6O2/c1-3-4-19-41-28-17-15-26(30(35)32(28)37)20-34(39,40)21-42-29-18-16-27(31(36)33(29)38)25-13-11-24(12-14-25)10-9-23-7-5-22(2)6-8-23/h9-10,15-18,22-25H,3-8,11-14,19-21H2,1-2H3/b10-9+. The van der Waals surface area contributed by atoms with Crippen molar-refractivity contribution in [2.75, 3.05) is 13.2 Å². The lowest BCUT2D eigenvalue weighted by molar-refractivity contribution is -0.0417. The van der Waals surface area contributed by atoms with Crippen molar-refractivity contribution < 1.29 is 35.8 Å². The van der Waals surface area contributed by atoms with Crippen molar-refractivity contribution in [1.29, 1.82) is 0 Å². The topological polar surface area (TPSA) is 18.5 Å². The van der Waals surface area contributed by atoms with Crippen LogP contribution in [0, 0.1) is 41.0 Å². The van der Waals surface area contributed by atoms with E-state index in [1.54, 1.807) is 0 Å². The lowest BCUT2D eigenvalue weighted by Gasteiger charge is -2.28. The van der Waals surface area contributed by atoms with E-state index < -0.39 is 53.5 Å². The Morgan fingerprint density at radius 1 is 0.738 bits per heavy atom. The monoisotopic (exact) mass is 596 g/mol. The molecule has 0 saturated heterocycles. The molecule has 0 N–H and O–H groups in total. The Morgan fingerprint density at radius 2 is 1.31 bits per heavy atom. The van der Waals surface area contributed by atoms with Crippen LogP contribution in [0.2, 0.25) is 0 Å². The maximum absolute atomic E-state index is 15.0. The zero-order valence-electron chi connectivity index (χ0n) is 24.6. The Labute approximate surface area is 245 Å². The molecule has 2 aliphatic carbocycles. The Bertz CT molecular complexity index is 1200. The van der Waals surface area contributed by atoms with Gasteiger partial charge in [-0.05, 0) is 91.9 Å². The summed E-state index contributed by atoms with van der Waals surface area (Å²) in [4.78, 5) is 0. The normalized spacial score (nSPS) is 23.3. The maximum atomic E-state index is 15.0. The van der Waals surface area contributed by atoms with Crippen LogP contribution in [0.5, 0.6) is 11.5 Å². The van der Waals surface area contributed by atoms with Crippen molar-refractivity contribution in [3.05, 3.63) is 70.8 Å². The number of hydrogen-bond donors (Lipinski definition) is 0. The second kappa shape index (κ2) is 14.7. The second-order valence-electron chi connectivity index (χ2n) is 12.2. The van der Waals surface area contributed by atoms with Crippen LogP contribution in [0.15, 0.2) is 36.4 Å². The van der Waals surface area contributed by atoms with Crippen LogP contribution in [0.25, 0.3) is 0 Å². The van der Waals surface area contributed by atoms with Crippen LogP contribution < -0.4 is 9.47 Å². The van der Waals surface area contributed by atoms with Gasteiger partial charge >= 0.3 is 0 Å². The van der Waals surface area contributed by atoms with Crippen molar-refractivity contribution in [3.8, 4) is 11.5 Å². The molecule has 0 atom stereocenters. The molecule has 0 unspecified atom stereocenters. The van der Waals surface area contributed by atoms with E-state index in [0.717, 1.165) is 50.2 Å². The summed E-state index contributed by atoms with van der Waals surface area (Å²) >= 11 is 0. The van der Waals surface area contributed by atoms with Crippen LogP contribution in [-0.2, 0) is 6.42 Å². The second-order valence-corrected chi connectivity index (χ2v) is 12.2. The summed E-state index contributed by atoms with van der Waals surface area (Å²) in [6, 6.07) is 4.71. The first-order valence-corrected chi connectivity index (χ1v) is 15.3. The van der Waals surface area contributed by atoms with Gasteiger partial charge in [-0.2, -0.15) is 8.78 Å². The molecule has 0 bridgehead atoms. The van der Waals surface area contributed by atoms with E-state index >= 15 is 4.39 Å². The number of hydrogen-bond acceptors (Lipinski definition) is 2. The molecular formula is C34H42F6O2. The molecule has 0 aliphatic heterocycles. The largest absolute Gasteiger partial charge is 0.490 e. The quantitative estimate of drug-likeness (QED) is 0.138. The fraction of sp³-hybridized carbons (Fsp3) is 0.588. The van der Waals surface area contributed by atoms with Gasteiger partial charge in [0.2, 0.25) is 11.6 Å². The number of halogens is 6. The molecule has 0 spiro atoms. The molecule has 2 aromatic rings. The summed E-state index contributed by atoms with van der Waals surface area (Å²) in [6.07, 6.45) is 13.1. The molecule has 232 valence electrons. The summed E-state index contributed by atoms with van der Waals surface area (Å²) < 4.78 is 98.0. The summed E-state index contributed by atoms with van der Waals surface area (Å²) in [6.45, 7) is 3.06. The highest BCUT2D eigenvalue weighted by Gasteiger charge is 2.34. The molecular weight excluding hydrogens is 554 g/mol. The Hall–Kier alpha value is -2.64. The smallest absolute Gasteiger partial charge is 0.285 e. The summed E-state index contributed by atoms with van der Waals surface area (Å²) in [5.74, 6) is -8.09. The first-order chi connectivity index (χ1) is 20.1. The third-order valence-electron chi connectivity index (χ3n) is 8.77. The summed E-state index contributed by atoms with van der Waals surface area (Å²) in [7, 11) is 0. The van der Waals surface area contributed by atoms with Crippen molar-refractivity contribution in [3.63, 3.8) is 0 Å². The van der Waals surface area contributed by atoms with Gasteiger partial charge in [-0.3, -0.25) is 0 Å². The molecule has 2 saturated carbocycles. The van der Waals surface area contributed by atoms with E-state index in [1.807, 2.05) is 6.92 Å². The molecule has 0 amide bonds. The zero-order valence-corrected chi connectivity index (χ0v) is 24.6. The number of alkyl halides is 2. The number of unbranched alkanes of at least 4 members (excludes halogenated alkanes) is 1. The maximum Gasteiger partial charge on any atom is 0.285 e. The highest BCUT2D eigenvalue weighted by atomic mass is 19.3. The van der Waals surface area contributed by atoms with Gasteiger partial charge in [0.15, 0.2) is 29.7 Å². The number of benzene rings is 2. The number of allylic oxidation sites excluding steroid dienone is 2. The van der Waals surface area contributed by atoms with Crippen molar-refractivity contribution >= 4 is 0 Å². The molecule has 0 aromatic heterocycles. The minimum absolute atomic E-state index is 0.151. The van der Waals surface area contributed by atoms with E-state index in [-0.39, 0.29) is 23.8 Å². The highest BCUT2D eigenvalue weighted by Crippen LogP contribution is 2.40. The lowest BCUT2D eigenvalue weighted by Crippen LogP contribution is -2.29. The Morgan fingerprint density at radius 3 is 1.95 bits per heavy atom. The van der Waals surface area contributed by atoms with Gasteiger partial charge < -0.3 is 9.47 Å². The molecule has 8 heteroatoms. The van der Waals surface area contributed by atoms with Gasteiger partial charge in [0.05, 0.1) is 6.61 Å². The van der Waals surface area contributed by atoms with Crippen LogP contribution >= 0.6 is 0 Å². The lowest BCUT2D eigenvalue weighted by atomic mass is 9.77. The first-order valence-electron chi connectivity index (χ1n) is 15.3. The predicted molar refractivity (Wildman–Crippen MR) is 152 cm³/mol. The van der Waals surface area contributed by atoms with Crippen molar-refractivity contribution in [2.24, 2.45) is 17.8 Å². The van der Waals surface area contributed by atoms with E-state index in [0.29, 0.717) is 18.3 Å². The third kappa shape index (κ3) is 8.47. The molecule has 0 radical (unpaired) electrons. The fourth-order valence-corrected chi connectivity index (χ4v) is 6.05. The predicted octanol–water partition coefficient (Wildman–Crippen LogP) is 10.3. The molecule has 0 heterocycles. The number of rotatable bonds is 12. The average molecular weight is 597 g/mol. The van der Waals surface area contributed by atoms with Gasteiger partial charge in [0.25, 0.3) is 5.92 Å². The van der Waals surface area contributed by atoms with Crippen LogP contribution in [0.3, 0.4) is 0 Å². The first kappa shape index (κ1) is 32.3. The molecule has 2 aromatic carbocycles. The van der Waals surface area contributed by atoms with Crippen LogP contribution in [0.1, 0.15) is 95.1 Å². The van der Waals surface area contributed by atoms with Crippen molar-refractivity contribution in [1.82, 2.24) is 0 Å². The van der Waals surface area contributed by atoms with Gasteiger partial charge in [-0.25, -0.2) is 17.6 Å². The minimum Gasteiger partial charge on any atom is -0.490 e. The van der Waals surface area contributed by atoms with Gasteiger partial charge in [0.1, 0.15) is 0 Å². The molecule has 2 fully saturated rings. The molecule has 2 nitrogen and oxygen atoms in total. The van der Waals surface area contributed by atoms with Crippen molar-refractivity contribution in [2.45, 2.75) is 96.3 Å². The van der Waals surface area contributed by atoms with E-state index in [9.17, 15) is 22.0 Å². The average Bonchev–Trinajstić information content (AvgIpc) is 2.97. The van der Waals surface area contributed by atoms with Gasteiger partial charge in [-0.15, -0.1) is 0 Å². The highest BCUT2D eigenvalue weighted by molar-refractivity contribution is 5.34. The molecule has 42 heavy (non-hydrogen) atoms. The third-order valence-corrected chi connectivity index (χ3v) is 8.77. The Balaban J connectivity index is 1.30. The Kier molecular flexibility index (Phi) is 11.3. The molecule has 4 rings (SSSR count). The fourth-order valence-electron chi connectivity index (χ4n) is 6.05. The zero-order chi connectivity index (χ0) is 30.3. The minimum atomic E-state index is -3.67. The van der Waals surface area contributed by atoms with Crippen LogP contribution in [-0.4, -0.2) is 19.1 Å². The van der Waals surface area contributed by atoms with Gasteiger partial charge in [-0.1, -0.05) is 57.4 Å².